The zero-order valence-corrected chi connectivity index (χ0v) is 11.8. The van der Waals surface area contributed by atoms with Gasteiger partial charge in [-0.2, -0.15) is 11.8 Å². The molecule has 0 unspecified atom stereocenters. The first-order chi connectivity index (χ1) is 8.54. The number of carbonyl (C=O) groups is 2. The fourth-order valence-corrected chi connectivity index (χ4v) is 2.37. The van der Waals surface area contributed by atoms with E-state index in [1.54, 1.807) is 23.7 Å². The van der Waals surface area contributed by atoms with E-state index in [9.17, 15) is 9.59 Å². The fraction of sp³-hybridized carbons (Fsp3) is 0.833. The number of carbonyl (C=O) groups excluding carboxylic acids is 1. The summed E-state index contributed by atoms with van der Waals surface area (Å²) in [6.45, 7) is 0.723. The summed E-state index contributed by atoms with van der Waals surface area (Å²) in [5.74, 6) is 0.355. The summed E-state index contributed by atoms with van der Waals surface area (Å²) in [6.07, 6.45) is 5.97. The van der Waals surface area contributed by atoms with E-state index in [-0.39, 0.29) is 6.03 Å². The van der Waals surface area contributed by atoms with Crippen molar-refractivity contribution in [2.75, 3.05) is 25.6 Å². The normalized spacial score (nSPS) is 16.8. The first-order valence-electron chi connectivity index (χ1n) is 6.28. The van der Waals surface area contributed by atoms with Crippen molar-refractivity contribution in [1.29, 1.82) is 0 Å². The molecule has 2 amide bonds. The maximum absolute atomic E-state index is 11.8. The van der Waals surface area contributed by atoms with Crippen molar-refractivity contribution in [1.82, 2.24) is 10.2 Å². The average Bonchev–Trinajstić information content (AvgIpc) is 2.28. The van der Waals surface area contributed by atoms with E-state index in [2.05, 4.69) is 5.32 Å². The molecular weight excluding hydrogens is 252 g/mol. The number of thioether (sulfide) groups is 1. The van der Waals surface area contributed by atoms with Crippen LogP contribution in [-0.2, 0) is 4.79 Å². The zero-order chi connectivity index (χ0) is 13.5. The lowest BCUT2D eigenvalue weighted by Crippen LogP contribution is -2.48. The molecule has 0 aliphatic heterocycles. The maximum Gasteiger partial charge on any atom is 0.326 e. The Bertz CT molecular complexity index is 295. The molecule has 0 bridgehead atoms. The highest BCUT2D eigenvalue weighted by Crippen LogP contribution is 2.26. The smallest absolute Gasteiger partial charge is 0.326 e. The Morgan fingerprint density at radius 1 is 1.50 bits per heavy atom. The van der Waals surface area contributed by atoms with Crippen LogP contribution in [0.1, 0.15) is 25.7 Å². The number of aliphatic carboxylic acids is 1. The lowest BCUT2D eigenvalue weighted by molar-refractivity contribution is -0.139. The van der Waals surface area contributed by atoms with Gasteiger partial charge in [0.05, 0.1) is 0 Å². The van der Waals surface area contributed by atoms with E-state index < -0.39 is 12.0 Å². The number of urea groups is 1. The summed E-state index contributed by atoms with van der Waals surface area (Å²) >= 11 is 1.58. The number of rotatable bonds is 7. The van der Waals surface area contributed by atoms with Gasteiger partial charge in [-0.3, -0.25) is 0 Å². The summed E-state index contributed by atoms with van der Waals surface area (Å²) < 4.78 is 0. The van der Waals surface area contributed by atoms with Gasteiger partial charge in [0.1, 0.15) is 6.04 Å². The van der Waals surface area contributed by atoms with Crippen LogP contribution in [0, 0.1) is 5.92 Å². The number of carboxylic acid groups (broad SMARTS) is 1. The topological polar surface area (TPSA) is 69.6 Å². The van der Waals surface area contributed by atoms with Crippen LogP contribution < -0.4 is 5.32 Å². The van der Waals surface area contributed by atoms with Crippen molar-refractivity contribution in [2.24, 2.45) is 5.92 Å². The minimum atomic E-state index is -0.963. The molecule has 0 saturated heterocycles. The van der Waals surface area contributed by atoms with Gasteiger partial charge >= 0.3 is 12.0 Å². The van der Waals surface area contributed by atoms with Crippen LogP contribution in [0.3, 0.4) is 0 Å². The van der Waals surface area contributed by atoms with Gasteiger partial charge in [0.2, 0.25) is 0 Å². The lowest BCUT2D eigenvalue weighted by atomic mass is 9.85. The molecule has 0 aromatic carbocycles. The third-order valence-corrected chi connectivity index (χ3v) is 3.95. The van der Waals surface area contributed by atoms with Crippen LogP contribution in [0.25, 0.3) is 0 Å². The summed E-state index contributed by atoms with van der Waals surface area (Å²) in [4.78, 5) is 24.4. The predicted molar refractivity (Wildman–Crippen MR) is 72.9 cm³/mol. The largest absolute Gasteiger partial charge is 0.480 e. The van der Waals surface area contributed by atoms with E-state index in [1.165, 1.54) is 19.3 Å². The molecule has 0 radical (unpaired) electrons. The van der Waals surface area contributed by atoms with Crippen molar-refractivity contribution in [3.8, 4) is 0 Å². The Hall–Kier alpha value is -0.910. The van der Waals surface area contributed by atoms with Crippen molar-refractivity contribution >= 4 is 23.8 Å². The number of amides is 2. The van der Waals surface area contributed by atoms with E-state index >= 15 is 0 Å². The summed E-state index contributed by atoms with van der Waals surface area (Å²) in [5, 5.41) is 11.6. The van der Waals surface area contributed by atoms with Crippen molar-refractivity contribution in [3.05, 3.63) is 0 Å². The van der Waals surface area contributed by atoms with Crippen LogP contribution in [0.15, 0.2) is 0 Å². The minimum Gasteiger partial charge on any atom is -0.480 e. The van der Waals surface area contributed by atoms with E-state index in [1.807, 2.05) is 6.26 Å². The second-order valence-electron chi connectivity index (χ2n) is 4.80. The van der Waals surface area contributed by atoms with Gasteiger partial charge in [-0.25, -0.2) is 9.59 Å². The first-order valence-corrected chi connectivity index (χ1v) is 7.67. The number of hydrogen-bond donors (Lipinski definition) is 2. The zero-order valence-electron chi connectivity index (χ0n) is 11.0. The third-order valence-electron chi connectivity index (χ3n) is 3.31. The molecule has 1 fully saturated rings. The number of carboxylic acids is 1. The van der Waals surface area contributed by atoms with Gasteiger partial charge in [-0.1, -0.05) is 6.42 Å². The molecule has 1 atom stereocenters. The predicted octanol–water partition coefficient (Wildman–Crippen LogP) is 1.63. The highest BCUT2D eigenvalue weighted by atomic mass is 32.2. The highest BCUT2D eigenvalue weighted by molar-refractivity contribution is 7.98. The quantitative estimate of drug-likeness (QED) is 0.740. The fourth-order valence-electron chi connectivity index (χ4n) is 1.90. The van der Waals surface area contributed by atoms with Crippen molar-refractivity contribution in [3.63, 3.8) is 0 Å². The van der Waals surface area contributed by atoms with E-state index in [0.29, 0.717) is 12.3 Å². The Balaban J connectivity index is 2.36. The minimum absolute atomic E-state index is 0.282. The Morgan fingerprint density at radius 2 is 2.17 bits per heavy atom. The molecule has 0 heterocycles. The molecule has 18 heavy (non-hydrogen) atoms. The highest BCUT2D eigenvalue weighted by Gasteiger charge is 2.24. The molecule has 6 heteroatoms. The second kappa shape index (κ2) is 7.51. The molecule has 104 valence electrons. The molecule has 0 aromatic heterocycles. The molecular formula is C12H22N2O3S. The Morgan fingerprint density at radius 3 is 2.61 bits per heavy atom. The monoisotopic (exact) mass is 274 g/mol. The molecule has 1 rings (SSSR count). The van der Waals surface area contributed by atoms with Gasteiger partial charge in [-0.05, 0) is 37.2 Å². The first kappa shape index (κ1) is 15.1. The Labute approximate surface area is 112 Å². The summed E-state index contributed by atoms with van der Waals surface area (Å²) in [5.41, 5.74) is 0. The molecule has 2 N–H and O–H groups in total. The third kappa shape index (κ3) is 4.76. The number of nitrogens with one attached hydrogen (secondary N) is 1. The van der Waals surface area contributed by atoms with E-state index in [0.717, 1.165) is 12.3 Å². The molecule has 0 aromatic rings. The molecule has 0 spiro atoms. The standard InChI is InChI=1S/C12H22N2O3S/c1-14(8-9-4-3-5-9)12(17)13-10(11(15)16)6-7-18-2/h9-10H,3-8H2,1-2H3,(H,13,17)(H,15,16)/t10-/m1/s1. The Kier molecular flexibility index (Phi) is 6.32. The molecule has 1 aliphatic rings. The number of nitrogens with zero attached hydrogens (tertiary/aromatic N) is 1. The van der Waals surface area contributed by atoms with Gasteiger partial charge in [-0.15, -0.1) is 0 Å². The van der Waals surface area contributed by atoms with Gasteiger partial charge in [0.15, 0.2) is 0 Å². The van der Waals surface area contributed by atoms with Crippen molar-refractivity contribution in [2.45, 2.75) is 31.7 Å². The van der Waals surface area contributed by atoms with Crippen molar-refractivity contribution < 1.29 is 14.7 Å². The van der Waals surface area contributed by atoms with Crippen LogP contribution in [-0.4, -0.2) is 53.6 Å². The number of hydrogen-bond acceptors (Lipinski definition) is 3. The second-order valence-corrected chi connectivity index (χ2v) is 5.78. The van der Waals surface area contributed by atoms with E-state index in [4.69, 9.17) is 5.11 Å². The summed E-state index contributed by atoms with van der Waals surface area (Å²) in [6, 6.07) is -1.07. The molecule has 1 aliphatic carbocycles. The van der Waals surface area contributed by atoms with Crippen LogP contribution in [0.4, 0.5) is 4.79 Å². The lowest BCUT2D eigenvalue weighted by Gasteiger charge is -2.30. The summed E-state index contributed by atoms with van der Waals surface area (Å²) in [7, 11) is 1.72. The maximum atomic E-state index is 11.8. The van der Waals surface area contributed by atoms with Crippen LogP contribution >= 0.6 is 11.8 Å². The SMILES string of the molecule is CSCC[C@@H](NC(=O)N(C)CC1CCC1)C(=O)O. The molecule has 1 saturated carbocycles. The van der Waals surface area contributed by atoms with Crippen LogP contribution in [0.2, 0.25) is 0 Å². The van der Waals surface area contributed by atoms with Gasteiger partial charge in [0.25, 0.3) is 0 Å². The van der Waals surface area contributed by atoms with Gasteiger partial charge < -0.3 is 15.3 Å². The van der Waals surface area contributed by atoms with Crippen LogP contribution in [0.5, 0.6) is 0 Å². The van der Waals surface area contributed by atoms with Gasteiger partial charge in [0, 0.05) is 13.6 Å². The average molecular weight is 274 g/mol. The molecule has 5 nitrogen and oxygen atoms in total.